The molecule has 0 bridgehead atoms. The molecule has 0 aliphatic rings. The predicted molar refractivity (Wildman–Crippen MR) is 68.0 cm³/mol. The fourth-order valence-electron chi connectivity index (χ4n) is 1.28. The van der Waals surface area contributed by atoms with Crippen LogP contribution in [0.25, 0.3) is 0 Å². The van der Waals surface area contributed by atoms with Crippen LogP contribution >= 0.6 is 0 Å². The average Bonchev–Trinajstić information content (AvgIpc) is 2.27. The molecule has 0 amide bonds. The Morgan fingerprint density at radius 1 is 1.32 bits per heavy atom. The van der Waals surface area contributed by atoms with Crippen LogP contribution < -0.4 is 4.72 Å². The number of hydrogen-bond donors (Lipinski definition) is 2. The molecule has 1 aromatic carbocycles. The zero-order valence-electron chi connectivity index (χ0n) is 10.8. The van der Waals surface area contributed by atoms with E-state index < -0.39 is 27.4 Å². The summed E-state index contributed by atoms with van der Waals surface area (Å²) in [5.74, 6) is -2.40. The molecule has 1 unspecified atom stereocenters. The molecule has 0 spiro atoms. The van der Waals surface area contributed by atoms with E-state index in [2.05, 4.69) is 4.72 Å². The first kappa shape index (κ1) is 15.6. The van der Waals surface area contributed by atoms with Crippen molar-refractivity contribution in [2.24, 2.45) is 5.92 Å². The SMILES string of the molecule is CC(C)C(C)NS(=O)(=O)c1ccc(F)c(C(=O)O)c1. The first-order valence-corrected chi connectivity index (χ1v) is 7.18. The zero-order chi connectivity index (χ0) is 14.8. The number of carboxylic acids is 1. The zero-order valence-corrected chi connectivity index (χ0v) is 11.7. The number of hydrogen-bond acceptors (Lipinski definition) is 3. The molecule has 0 radical (unpaired) electrons. The Bertz CT molecular complexity index is 583. The number of sulfonamides is 1. The summed E-state index contributed by atoms with van der Waals surface area (Å²) in [6, 6.07) is 2.37. The fourth-order valence-corrected chi connectivity index (χ4v) is 2.70. The van der Waals surface area contributed by atoms with Gasteiger partial charge in [0.2, 0.25) is 10.0 Å². The Hall–Kier alpha value is -1.47. The molecule has 19 heavy (non-hydrogen) atoms. The van der Waals surface area contributed by atoms with E-state index >= 15 is 0 Å². The van der Waals surface area contributed by atoms with Gasteiger partial charge in [-0.1, -0.05) is 13.8 Å². The Morgan fingerprint density at radius 3 is 2.37 bits per heavy atom. The molecule has 0 aliphatic carbocycles. The van der Waals surface area contributed by atoms with Crippen LogP contribution in [0.4, 0.5) is 4.39 Å². The van der Waals surface area contributed by atoms with Crippen LogP contribution in [0.5, 0.6) is 0 Å². The molecule has 0 aromatic heterocycles. The van der Waals surface area contributed by atoms with Gasteiger partial charge in [-0.3, -0.25) is 0 Å². The van der Waals surface area contributed by atoms with E-state index in [1.807, 2.05) is 13.8 Å². The first-order valence-electron chi connectivity index (χ1n) is 5.70. The Morgan fingerprint density at radius 2 is 1.89 bits per heavy atom. The number of carbonyl (C=O) groups is 1. The van der Waals surface area contributed by atoms with E-state index in [0.717, 1.165) is 18.2 Å². The largest absolute Gasteiger partial charge is 0.478 e. The highest BCUT2D eigenvalue weighted by Gasteiger charge is 2.22. The minimum atomic E-state index is -3.86. The van der Waals surface area contributed by atoms with Gasteiger partial charge < -0.3 is 5.11 Å². The van der Waals surface area contributed by atoms with Gasteiger partial charge in [0.25, 0.3) is 0 Å². The van der Waals surface area contributed by atoms with Gasteiger partial charge >= 0.3 is 5.97 Å². The summed E-state index contributed by atoms with van der Waals surface area (Å²) in [6.07, 6.45) is 0. The minimum Gasteiger partial charge on any atom is -0.478 e. The third-order valence-corrected chi connectivity index (χ3v) is 4.38. The fraction of sp³-hybridized carbons (Fsp3) is 0.417. The predicted octanol–water partition coefficient (Wildman–Crippen LogP) is 1.85. The standard InChI is InChI=1S/C12H16FNO4S/c1-7(2)8(3)14-19(17,18)9-4-5-11(13)10(6-9)12(15)16/h4-8,14H,1-3H3,(H,15,16). The molecular weight excluding hydrogens is 273 g/mol. The van der Waals surface area contributed by atoms with Crippen molar-refractivity contribution in [1.82, 2.24) is 4.72 Å². The molecule has 2 N–H and O–H groups in total. The number of halogens is 1. The normalized spacial score (nSPS) is 13.5. The van der Waals surface area contributed by atoms with Crippen LogP contribution in [0.2, 0.25) is 0 Å². The van der Waals surface area contributed by atoms with Crippen molar-refractivity contribution in [3.8, 4) is 0 Å². The lowest BCUT2D eigenvalue weighted by molar-refractivity contribution is 0.0691. The number of carboxylic acid groups (broad SMARTS) is 1. The molecule has 0 saturated carbocycles. The third-order valence-electron chi connectivity index (χ3n) is 2.82. The van der Waals surface area contributed by atoms with Crippen molar-refractivity contribution in [2.75, 3.05) is 0 Å². The second-order valence-corrected chi connectivity index (χ2v) is 6.31. The van der Waals surface area contributed by atoms with Gasteiger partial charge in [-0.15, -0.1) is 0 Å². The summed E-state index contributed by atoms with van der Waals surface area (Å²) < 4.78 is 39.6. The third kappa shape index (κ3) is 3.74. The van der Waals surface area contributed by atoms with Crippen molar-refractivity contribution >= 4 is 16.0 Å². The quantitative estimate of drug-likeness (QED) is 0.866. The van der Waals surface area contributed by atoms with Gasteiger partial charge in [0.15, 0.2) is 0 Å². The summed E-state index contributed by atoms with van der Waals surface area (Å²) >= 11 is 0. The van der Waals surface area contributed by atoms with Crippen molar-refractivity contribution in [3.05, 3.63) is 29.6 Å². The molecular formula is C12H16FNO4S. The van der Waals surface area contributed by atoms with Gasteiger partial charge in [0.1, 0.15) is 5.82 Å². The van der Waals surface area contributed by atoms with Crippen LogP contribution in [-0.2, 0) is 10.0 Å². The summed E-state index contributed by atoms with van der Waals surface area (Å²) in [4.78, 5) is 10.5. The molecule has 106 valence electrons. The number of aromatic carboxylic acids is 1. The molecule has 0 saturated heterocycles. The molecule has 1 rings (SSSR count). The number of rotatable bonds is 5. The molecule has 1 atom stereocenters. The molecule has 0 heterocycles. The lowest BCUT2D eigenvalue weighted by atomic mass is 10.1. The smallest absolute Gasteiger partial charge is 0.338 e. The number of nitrogens with one attached hydrogen (secondary N) is 1. The average molecular weight is 289 g/mol. The Balaban J connectivity index is 3.16. The number of benzene rings is 1. The van der Waals surface area contributed by atoms with Gasteiger partial charge in [-0.05, 0) is 31.0 Å². The summed E-state index contributed by atoms with van der Waals surface area (Å²) in [5.41, 5.74) is -0.667. The molecule has 0 aliphatic heterocycles. The summed E-state index contributed by atoms with van der Waals surface area (Å²) in [7, 11) is -3.86. The van der Waals surface area contributed by atoms with Crippen LogP contribution in [0, 0.1) is 11.7 Å². The van der Waals surface area contributed by atoms with E-state index in [0.29, 0.717) is 0 Å². The van der Waals surface area contributed by atoms with Crippen LogP contribution in [0.3, 0.4) is 0 Å². The van der Waals surface area contributed by atoms with Crippen molar-refractivity contribution in [2.45, 2.75) is 31.7 Å². The van der Waals surface area contributed by atoms with E-state index in [4.69, 9.17) is 5.11 Å². The van der Waals surface area contributed by atoms with Crippen LogP contribution in [0.15, 0.2) is 23.1 Å². The first-order chi connectivity index (χ1) is 8.65. The Labute approximate surface area is 111 Å². The maximum absolute atomic E-state index is 13.2. The van der Waals surface area contributed by atoms with Gasteiger partial charge in [-0.2, -0.15) is 0 Å². The highest BCUT2D eigenvalue weighted by atomic mass is 32.2. The molecule has 0 fully saturated rings. The maximum Gasteiger partial charge on any atom is 0.338 e. The van der Waals surface area contributed by atoms with E-state index in [1.54, 1.807) is 6.92 Å². The van der Waals surface area contributed by atoms with Gasteiger partial charge in [0.05, 0.1) is 10.5 Å². The van der Waals surface area contributed by atoms with Crippen molar-refractivity contribution in [1.29, 1.82) is 0 Å². The van der Waals surface area contributed by atoms with Gasteiger partial charge in [0, 0.05) is 6.04 Å². The molecule has 5 nitrogen and oxygen atoms in total. The molecule has 7 heteroatoms. The van der Waals surface area contributed by atoms with E-state index in [9.17, 15) is 17.6 Å². The van der Waals surface area contributed by atoms with Crippen LogP contribution in [-0.4, -0.2) is 25.5 Å². The monoisotopic (exact) mass is 289 g/mol. The topological polar surface area (TPSA) is 83.5 Å². The maximum atomic E-state index is 13.2. The summed E-state index contributed by atoms with van der Waals surface area (Å²) in [6.45, 7) is 5.39. The lowest BCUT2D eigenvalue weighted by Crippen LogP contribution is -2.36. The molecule has 1 aromatic rings. The Kier molecular flexibility index (Phi) is 4.65. The van der Waals surface area contributed by atoms with E-state index in [1.165, 1.54) is 0 Å². The van der Waals surface area contributed by atoms with Crippen molar-refractivity contribution < 1.29 is 22.7 Å². The highest BCUT2D eigenvalue weighted by Crippen LogP contribution is 2.16. The second-order valence-electron chi connectivity index (χ2n) is 4.60. The van der Waals surface area contributed by atoms with E-state index in [-0.39, 0.29) is 16.9 Å². The summed E-state index contributed by atoms with van der Waals surface area (Å²) in [5, 5.41) is 8.77. The van der Waals surface area contributed by atoms with Gasteiger partial charge in [-0.25, -0.2) is 22.3 Å². The minimum absolute atomic E-state index is 0.0779. The van der Waals surface area contributed by atoms with Crippen LogP contribution in [0.1, 0.15) is 31.1 Å². The van der Waals surface area contributed by atoms with Crippen molar-refractivity contribution in [3.63, 3.8) is 0 Å². The lowest BCUT2D eigenvalue weighted by Gasteiger charge is -2.17. The highest BCUT2D eigenvalue weighted by molar-refractivity contribution is 7.89. The second kappa shape index (κ2) is 5.66.